The molecule has 100 valence electrons. The Balaban J connectivity index is 1.86. The summed E-state index contributed by atoms with van der Waals surface area (Å²) in [5, 5.41) is 3.53. The van der Waals surface area contributed by atoms with E-state index in [2.05, 4.69) is 5.32 Å². The van der Waals surface area contributed by atoms with Crippen molar-refractivity contribution in [2.75, 3.05) is 11.9 Å². The average Bonchev–Trinajstić information content (AvgIpc) is 2.81. The fourth-order valence-electron chi connectivity index (χ4n) is 1.46. The Kier molecular flexibility index (Phi) is 4.30. The molecule has 0 saturated heterocycles. The number of nitrogens with two attached hydrogens (primary N) is 1. The van der Waals surface area contributed by atoms with Crippen LogP contribution in [-0.4, -0.2) is 12.5 Å². The number of hydrogen-bond acceptors (Lipinski definition) is 4. The maximum absolute atomic E-state index is 10.6. The maximum atomic E-state index is 10.6. The van der Waals surface area contributed by atoms with Gasteiger partial charge in [0, 0.05) is 5.69 Å². The van der Waals surface area contributed by atoms with E-state index in [9.17, 15) is 4.79 Å². The van der Waals surface area contributed by atoms with Crippen molar-refractivity contribution in [3.63, 3.8) is 0 Å². The molecule has 0 atom stereocenters. The molecule has 1 aromatic heterocycles. The highest BCUT2D eigenvalue weighted by molar-refractivity contribution is 6.28. The molecule has 0 aliphatic heterocycles. The number of benzene rings is 1. The minimum atomic E-state index is -0.503. The van der Waals surface area contributed by atoms with Crippen molar-refractivity contribution in [3.8, 4) is 5.75 Å². The molecule has 0 fully saturated rings. The SMILES string of the molecule is NC(=O)COc1ccc(NCc2ccc(Cl)o2)cc1. The molecule has 0 saturated carbocycles. The molecule has 0 aliphatic rings. The second-order valence-electron chi connectivity index (χ2n) is 3.84. The van der Waals surface area contributed by atoms with Crippen LogP contribution in [0.1, 0.15) is 5.76 Å². The lowest BCUT2D eigenvalue weighted by molar-refractivity contribution is -0.119. The van der Waals surface area contributed by atoms with Crippen LogP contribution in [0.2, 0.25) is 5.22 Å². The van der Waals surface area contributed by atoms with Gasteiger partial charge in [-0.25, -0.2) is 0 Å². The first-order valence-electron chi connectivity index (χ1n) is 5.63. The van der Waals surface area contributed by atoms with E-state index < -0.39 is 5.91 Å². The van der Waals surface area contributed by atoms with Crippen LogP contribution in [0.4, 0.5) is 5.69 Å². The van der Waals surface area contributed by atoms with Gasteiger partial charge in [0.15, 0.2) is 11.8 Å². The Morgan fingerprint density at radius 1 is 1.26 bits per heavy atom. The summed E-state index contributed by atoms with van der Waals surface area (Å²) in [7, 11) is 0. The van der Waals surface area contributed by atoms with E-state index in [1.807, 2.05) is 12.1 Å². The number of hydrogen-bond donors (Lipinski definition) is 2. The van der Waals surface area contributed by atoms with Gasteiger partial charge in [0.2, 0.25) is 0 Å². The number of halogens is 1. The van der Waals surface area contributed by atoms with Gasteiger partial charge in [-0.05, 0) is 48.0 Å². The molecule has 0 spiro atoms. The summed E-state index contributed by atoms with van der Waals surface area (Å²) in [4.78, 5) is 10.6. The molecule has 3 N–H and O–H groups in total. The van der Waals surface area contributed by atoms with E-state index in [0.29, 0.717) is 17.5 Å². The van der Waals surface area contributed by atoms with Crippen molar-refractivity contribution in [2.24, 2.45) is 5.73 Å². The van der Waals surface area contributed by atoms with Gasteiger partial charge in [-0.15, -0.1) is 0 Å². The Labute approximate surface area is 115 Å². The van der Waals surface area contributed by atoms with Gasteiger partial charge in [-0.2, -0.15) is 0 Å². The van der Waals surface area contributed by atoms with Crippen LogP contribution in [0.3, 0.4) is 0 Å². The van der Waals surface area contributed by atoms with Gasteiger partial charge in [0.05, 0.1) is 6.54 Å². The summed E-state index contributed by atoms with van der Waals surface area (Å²) in [5.41, 5.74) is 5.89. The zero-order chi connectivity index (χ0) is 13.7. The Morgan fingerprint density at radius 3 is 2.58 bits per heavy atom. The number of anilines is 1. The van der Waals surface area contributed by atoms with E-state index in [1.54, 1.807) is 24.3 Å². The number of rotatable bonds is 6. The van der Waals surface area contributed by atoms with Crippen molar-refractivity contribution in [1.82, 2.24) is 0 Å². The molecule has 2 rings (SSSR count). The maximum Gasteiger partial charge on any atom is 0.255 e. The lowest BCUT2D eigenvalue weighted by Crippen LogP contribution is -2.19. The van der Waals surface area contributed by atoms with Crippen molar-refractivity contribution >= 4 is 23.2 Å². The van der Waals surface area contributed by atoms with E-state index in [1.165, 1.54) is 0 Å². The van der Waals surface area contributed by atoms with Crippen molar-refractivity contribution < 1.29 is 13.9 Å². The smallest absolute Gasteiger partial charge is 0.255 e. The first kappa shape index (κ1) is 13.3. The third-order valence-electron chi connectivity index (χ3n) is 2.33. The van der Waals surface area contributed by atoms with Crippen LogP contribution in [0.25, 0.3) is 0 Å². The minimum Gasteiger partial charge on any atom is -0.484 e. The summed E-state index contributed by atoms with van der Waals surface area (Å²) in [6.45, 7) is 0.409. The molecule has 0 bridgehead atoms. The Morgan fingerprint density at radius 2 is 2.00 bits per heavy atom. The Hall–Kier alpha value is -2.14. The minimum absolute atomic E-state index is 0.127. The molecular weight excluding hydrogens is 268 g/mol. The first-order valence-corrected chi connectivity index (χ1v) is 6.00. The van der Waals surface area contributed by atoms with Gasteiger partial charge in [-0.3, -0.25) is 4.79 Å². The van der Waals surface area contributed by atoms with E-state index in [0.717, 1.165) is 11.4 Å². The van der Waals surface area contributed by atoms with Crippen molar-refractivity contribution in [3.05, 3.63) is 47.4 Å². The summed E-state index contributed by atoms with van der Waals surface area (Å²) in [5.74, 6) is 0.835. The third-order valence-corrected chi connectivity index (χ3v) is 2.53. The molecule has 1 aromatic carbocycles. The molecule has 0 aliphatic carbocycles. The number of ether oxygens (including phenoxy) is 1. The summed E-state index contributed by atoms with van der Waals surface area (Å²) < 4.78 is 10.4. The van der Waals surface area contributed by atoms with Crippen LogP contribution in [0.15, 0.2) is 40.8 Å². The van der Waals surface area contributed by atoms with Gasteiger partial charge >= 0.3 is 0 Å². The predicted octanol–water partition coefficient (Wildman–Crippen LogP) is 2.41. The molecule has 1 heterocycles. The number of amides is 1. The standard InChI is InChI=1S/C13H13ClN2O3/c14-12-6-5-11(19-12)7-16-9-1-3-10(4-2-9)18-8-13(15)17/h1-6,16H,7-8H2,(H2,15,17). The average molecular weight is 281 g/mol. The van der Waals surface area contributed by atoms with Crippen LogP contribution < -0.4 is 15.8 Å². The first-order chi connectivity index (χ1) is 9.13. The second kappa shape index (κ2) is 6.15. The molecule has 0 unspecified atom stereocenters. The normalized spacial score (nSPS) is 10.2. The zero-order valence-corrected chi connectivity index (χ0v) is 10.8. The van der Waals surface area contributed by atoms with Crippen LogP contribution >= 0.6 is 11.6 Å². The summed E-state index contributed by atoms with van der Waals surface area (Å²) in [6.07, 6.45) is 0. The second-order valence-corrected chi connectivity index (χ2v) is 4.21. The van der Waals surface area contributed by atoms with Crippen LogP contribution in [0.5, 0.6) is 5.75 Å². The van der Waals surface area contributed by atoms with Gasteiger partial charge < -0.3 is 20.2 Å². The molecule has 1 amide bonds. The molecule has 5 nitrogen and oxygen atoms in total. The molecule has 2 aromatic rings. The number of carbonyl (C=O) groups excluding carboxylic acids is 1. The molecule has 6 heteroatoms. The lowest BCUT2D eigenvalue weighted by Gasteiger charge is -2.07. The van der Waals surface area contributed by atoms with Crippen molar-refractivity contribution in [1.29, 1.82) is 0 Å². The Bertz CT molecular complexity index is 551. The predicted molar refractivity (Wildman–Crippen MR) is 72.2 cm³/mol. The topological polar surface area (TPSA) is 77.5 Å². The number of furan rings is 1. The van der Waals surface area contributed by atoms with Crippen LogP contribution in [0, 0.1) is 0 Å². The highest BCUT2D eigenvalue weighted by atomic mass is 35.5. The molecular formula is C13H13ClN2O3. The fourth-order valence-corrected chi connectivity index (χ4v) is 1.62. The highest BCUT2D eigenvalue weighted by Crippen LogP contribution is 2.18. The van der Waals surface area contributed by atoms with E-state index >= 15 is 0 Å². The summed E-state index contributed by atoms with van der Waals surface area (Å²) in [6, 6.07) is 10.7. The van der Waals surface area contributed by atoms with Gasteiger partial charge in [0.25, 0.3) is 5.91 Å². The van der Waals surface area contributed by atoms with E-state index in [-0.39, 0.29) is 6.61 Å². The molecule has 0 radical (unpaired) electrons. The zero-order valence-electron chi connectivity index (χ0n) is 10.1. The van der Waals surface area contributed by atoms with Gasteiger partial charge in [0.1, 0.15) is 11.5 Å². The quantitative estimate of drug-likeness (QED) is 0.852. The third kappa shape index (κ3) is 4.22. The largest absolute Gasteiger partial charge is 0.484 e. The summed E-state index contributed by atoms with van der Waals surface area (Å²) >= 11 is 5.67. The number of carbonyl (C=O) groups is 1. The fraction of sp³-hybridized carbons (Fsp3) is 0.154. The lowest BCUT2D eigenvalue weighted by atomic mass is 10.3. The number of nitrogens with one attached hydrogen (secondary N) is 1. The monoisotopic (exact) mass is 280 g/mol. The van der Waals surface area contributed by atoms with Crippen molar-refractivity contribution in [2.45, 2.75) is 6.54 Å². The number of primary amides is 1. The van der Waals surface area contributed by atoms with Crippen LogP contribution in [-0.2, 0) is 11.3 Å². The van der Waals surface area contributed by atoms with E-state index in [4.69, 9.17) is 26.5 Å². The van der Waals surface area contributed by atoms with Gasteiger partial charge in [-0.1, -0.05) is 0 Å². The highest BCUT2D eigenvalue weighted by Gasteiger charge is 2.01. The molecule has 19 heavy (non-hydrogen) atoms.